The molecule has 0 heterocycles. The van der Waals surface area contributed by atoms with Gasteiger partial charge in [-0.3, -0.25) is 4.79 Å². The Hall–Kier alpha value is -0.740. The van der Waals surface area contributed by atoms with E-state index in [0.29, 0.717) is 10.8 Å². The van der Waals surface area contributed by atoms with Crippen LogP contribution in [0.5, 0.6) is 0 Å². The summed E-state index contributed by atoms with van der Waals surface area (Å²) in [6.07, 6.45) is 0.303. The zero-order valence-electron chi connectivity index (χ0n) is 6.92. The van der Waals surface area contributed by atoms with Crippen LogP contribution in [0.25, 0.3) is 0 Å². The summed E-state index contributed by atoms with van der Waals surface area (Å²) in [5, 5.41) is 9.47. The maximum atomic E-state index is 13.1. The van der Waals surface area contributed by atoms with Gasteiger partial charge in [0.25, 0.3) is 0 Å². The maximum Gasteiger partial charge on any atom is 0.155 e. The molecule has 0 fully saturated rings. The van der Waals surface area contributed by atoms with Crippen molar-refractivity contribution in [3.05, 3.63) is 34.1 Å². The van der Waals surface area contributed by atoms with Crippen LogP contribution in [0.4, 0.5) is 4.39 Å². The highest BCUT2D eigenvalue weighted by molar-refractivity contribution is 9.10. The largest absolute Gasteiger partial charge is 0.378 e. The van der Waals surface area contributed by atoms with E-state index in [1.807, 2.05) is 0 Å². The van der Waals surface area contributed by atoms with Gasteiger partial charge in [0, 0.05) is 10.0 Å². The second-order valence-electron chi connectivity index (χ2n) is 2.89. The van der Waals surface area contributed by atoms with E-state index < -0.39 is 11.4 Å². The Morgan fingerprint density at radius 1 is 1.62 bits per heavy atom. The van der Waals surface area contributed by atoms with Gasteiger partial charge in [-0.15, -0.1) is 0 Å². The van der Waals surface area contributed by atoms with Crippen LogP contribution in [-0.2, 0) is 10.4 Å². The minimum Gasteiger partial charge on any atom is -0.378 e. The smallest absolute Gasteiger partial charge is 0.155 e. The molecule has 1 unspecified atom stereocenters. The van der Waals surface area contributed by atoms with E-state index in [-0.39, 0.29) is 5.56 Å². The first-order chi connectivity index (χ1) is 5.97. The van der Waals surface area contributed by atoms with Crippen LogP contribution in [0.2, 0.25) is 0 Å². The number of aldehydes is 1. The van der Waals surface area contributed by atoms with Crippen molar-refractivity contribution in [1.29, 1.82) is 0 Å². The van der Waals surface area contributed by atoms with Crippen molar-refractivity contribution in [2.24, 2.45) is 0 Å². The van der Waals surface area contributed by atoms with Gasteiger partial charge in [-0.25, -0.2) is 4.39 Å². The molecule has 70 valence electrons. The highest BCUT2D eigenvalue weighted by Gasteiger charge is 2.25. The molecule has 0 saturated heterocycles. The predicted octanol–water partition coefficient (Wildman–Crippen LogP) is 1.99. The molecule has 0 saturated carbocycles. The Kier molecular flexibility index (Phi) is 2.83. The van der Waals surface area contributed by atoms with E-state index in [1.165, 1.54) is 25.1 Å². The van der Waals surface area contributed by atoms with Gasteiger partial charge in [-0.1, -0.05) is 15.9 Å². The van der Waals surface area contributed by atoms with E-state index in [1.54, 1.807) is 0 Å². The standard InChI is InChI=1S/C9H8BrFO2/c1-9(13,5-12)7-4-6(10)2-3-8(7)11/h2-5,13H,1H3. The van der Waals surface area contributed by atoms with Crippen molar-refractivity contribution >= 4 is 22.2 Å². The summed E-state index contributed by atoms with van der Waals surface area (Å²) < 4.78 is 13.7. The van der Waals surface area contributed by atoms with Crippen molar-refractivity contribution < 1.29 is 14.3 Å². The summed E-state index contributed by atoms with van der Waals surface area (Å²) in [6, 6.07) is 4.07. The number of hydrogen-bond donors (Lipinski definition) is 1. The summed E-state index contributed by atoms with van der Waals surface area (Å²) in [7, 11) is 0. The fourth-order valence-electron chi connectivity index (χ4n) is 0.949. The molecule has 0 aliphatic carbocycles. The van der Waals surface area contributed by atoms with Crippen molar-refractivity contribution in [1.82, 2.24) is 0 Å². The average molecular weight is 247 g/mol. The molecule has 0 aliphatic rings. The number of hydrogen-bond acceptors (Lipinski definition) is 2. The van der Waals surface area contributed by atoms with Gasteiger partial charge < -0.3 is 5.11 Å². The topological polar surface area (TPSA) is 37.3 Å². The van der Waals surface area contributed by atoms with Crippen LogP contribution < -0.4 is 0 Å². The third kappa shape index (κ3) is 2.14. The molecule has 1 aromatic carbocycles. The SMILES string of the molecule is CC(O)(C=O)c1cc(Br)ccc1F. The second-order valence-corrected chi connectivity index (χ2v) is 3.81. The second kappa shape index (κ2) is 3.55. The van der Waals surface area contributed by atoms with Crippen LogP contribution in [0.1, 0.15) is 12.5 Å². The molecule has 0 aliphatic heterocycles. The van der Waals surface area contributed by atoms with Crippen molar-refractivity contribution in [2.75, 3.05) is 0 Å². The van der Waals surface area contributed by atoms with Gasteiger partial charge in [0.15, 0.2) is 6.29 Å². The van der Waals surface area contributed by atoms with Gasteiger partial charge in [-0.2, -0.15) is 0 Å². The normalized spacial score (nSPS) is 15.1. The molecule has 1 N–H and O–H groups in total. The highest BCUT2D eigenvalue weighted by atomic mass is 79.9. The van der Waals surface area contributed by atoms with Crippen LogP contribution in [0, 0.1) is 5.82 Å². The summed E-state index contributed by atoms with van der Waals surface area (Å²) >= 11 is 3.12. The lowest BCUT2D eigenvalue weighted by Crippen LogP contribution is -2.24. The van der Waals surface area contributed by atoms with Crippen LogP contribution >= 0.6 is 15.9 Å². The lowest BCUT2D eigenvalue weighted by Gasteiger charge is -2.16. The lowest BCUT2D eigenvalue weighted by atomic mass is 9.97. The first kappa shape index (κ1) is 10.3. The Morgan fingerprint density at radius 2 is 2.23 bits per heavy atom. The van der Waals surface area contributed by atoms with Crippen molar-refractivity contribution in [3.63, 3.8) is 0 Å². The molecule has 13 heavy (non-hydrogen) atoms. The zero-order valence-corrected chi connectivity index (χ0v) is 8.51. The fourth-order valence-corrected chi connectivity index (χ4v) is 1.31. The molecule has 0 bridgehead atoms. The Morgan fingerprint density at radius 3 is 2.77 bits per heavy atom. The van der Waals surface area contributed by atoms with Gasteiger partial charge in [-0.05, 0) is 25.1 Å². The van der Waals surface area contributed by atoms with E-state index in [4.69, 9.17) is 0 Å². The monoisotopic (exact) mass is 246 g/mol. The fraction of sp³-hybridized carbons (Fsp3) is 0.222. The average Bonchev–Trinajstić information content (AvgIpc) is 2.09. The molecule has 4 heteroatoms. The van der Waals surface area contributed by atoms with Gasteiger partial charge in [0.1, 0.15) is 11.4 Å². The quantitative estimate of drug-likeness (QED) is 0.811. The van der Waals surface area contributed by atoms with E-state index in [9.17, 15) is 14.3 Å². The molecule has 1 atom stereocenters. The van der Waals surface area contributed by atoms with Gasteiger partial charge in [0.05, 0.1) is 0 Å². The Bertz CT molecular complexity index is 336. The molecule has 0 radical (unpaired) electrons. The van der Waals surface area contributed by atoms with Gasteiger partial charge in [0.2, 0.25) is 0 Å². The van der Waals surface area contributed by atoms with E-state index in [2.05, 4.69) is 15.9 Å². The van der Waals surface area contributed by atoms with Crippen LogP contribution in [0.3, 0.4) is 0 Å². The molecule has 1 aromatic rings. The molecule has 2 nitrogen and oxygen atoms in total. The molecule has 0 aromatic heterocycles. The molecule has 0 amide bonds. The summed E-state index contributed by atoms with van der Waals surface area (Å²) in [5.41, 5.74) is -1.80. The Balaban J connectivity index is 3.28. The number of rotatable bonds is 2. The third-order valence-corrected chi connectivity index (χ3v) is 2.20. The zero-order chi connectivity index (χ0) is 10.1. The molecular formula is C9H8BrFO2. The summed E-state index contributed by atoms with van der Waals surface area (Å²) in [5.74, 6) is -0.597. The number of halogens is 2. The molecule has 1 rings (SSSR count). The number of carbonyl (C=O) groups is 1. The number of aliphatic hydroxyl groups is 1. The van der Waals surface area contributed by atoms with Crippen LogP contribution in [-0.4, -0.2) is 11.4 Å². The minimum atomic E-state index is -1.77. The molecular weight excluding hydrogens is 239 g/mol. The van der Waals surface area contributed by atoms with Gasteiger partial charge >= 0.3 is 0 Å². The minimum absolute atomic E-state index is 0.0307. The first-order valence-electron chi connectivity index (χ1n) is 3.61. The highest BCUT2D eigenvalue weighted by Crippen LogP contribution is 2.24. The number of benzene rings is 1. The summed E-state index contributed by atoms with van der Waals surface area (Å²) in [4.78, 5) is 10.5. The third-order valence-electron chi connectivity index (χ3n) is 1.70. The molecule has 0 spiro atoms. The van der Waals surface area contributed by atoms with E-state index in [0.717, 1.165) is 0 Å². The van der Waals surface area contributed by atoms with Crippen LogP contribution in [0.15, 0.2) is 22.7 Å². The van der Waals surface area contributed by atoms with Crippen molar-refractivity contribution in [3.8, 4) is 0 Å². The Labute approximate surface area is 83.5 Å². The number of carbonyl (C=O) groups excluding carboxylic acids is 1. The maximum absolute atomic E-state index is 13.1. The van der Waals surface area contributed by atoms with Crippen molar-refractivity contribution in [2.45, 2.75) is 12.5 Å². The summed E-state index contributed by atoms with van der Waals surface area (Å²) in [6.45, 7) is 1.24. The lowest BCUT2D eigenvalue weighted by molar-refractivity contribution is -0.123. The first-order valence-corrected chi connectivity index (χ1v) is 4.41. The predicted molar refractivity (Wildman–Crippen MR) is 49.7 cm³/mol. The van der Waals surface area contributed by atoms with E-state index >= 15 is 0 Å².